The fourth-order valence-corrected chi connectivity index (χ4v) is 2.90. The van der Waals surface area contributed by atoms with E-state index < -0.39 is 65.6 Å². The molecule has 172 valence electrons. The van der Waals surface area contributed by atoms with Crippen LogP contribution in [0.4, 0.5) is 0 Å². The maximum absolute atomic E-state index is 11.9. The molecule has 0 aliphatic carbocycles. The topological polar surface area (TPSA) is 216 Å². The number of aromatic amines is 1. The van der Waals surface area contributed by atoms with Crippen LogP contribution in [-0.2, 0) is 14.4 Å². The summed E-state index contributed by atoms with van der Waals surface area (Å²) in [7, 11) is 0. The van der Waals surface area contributed by atoms with Gasteiger partial charge in [-0.1, -0.05) is 5.16 Å². The fraction of sp³-hybridized carbons (Fsp3) is 0.333. The summed E-state index contributed by atoms with van der Waals surface area (Å²) < 4.78 is 6.35. The highest BCUT2D eigenvalue weighted by Gasteiger charge is 2.44. The fourth-order valence-electron chi connectivity index (χ4n) is 2.90. The van der Waals surface area contributed by atoms with Gasteiger partial charge in [0.2, 0.25) is 5.75 Å². The summed E-state index contributed by atoms with van der Waals surface area (Å²) in [6.07, 6.45) is -3.13. The monoisotopic (exact) mass is 452 g/mol. The van der Waals surface area contributed by atoms with Crippen molar-refractivity contribution in [2.24, 2.45) is 5.16 Å². The van der Waals surface area contributed by atoms with Crippen molar-refractivity contribution in [2.45, 2.75) is 24.5 Å². The Morgan fingerprint density at radius 1 is 1.19 bits per heavy atom. The van der Waals surface area contributed by atoms with Crippen LogP contribution in [0.3, 0.4) is 0 Å². The Morgan fingerprint density at radius 2 is 1.94 bits per heavy atom. The number of aliphatic hydroxyl groups excluding tert-OH is 2. The van der Waals surface area contributed by atoms with Crippen LogP contribution in [0.5, 0.6) is 17.2 Å². The molecule has 2 aromatic rings. The summed E-state index contributed by atoms with van der Waals surface area (Å²) in [4.78, 5) is 41.7. The Balaban J connectivity index is 1.50. The Hall–Kier alpha value is -3.88. The first-order chi connectivity index (χ1) is 15.2. The van der Waals surface area contributed by atoms with Crippen LogP contribution < -0.4 is 16.6 Å². The summed E-state index contributed by atoms with van der Waals surface area (Å²) in [6.45, 7) is -0.777. The molecule has 14 heteroatoms. The quantitative estimate of drug-likeness (QED) is 0.132. The molecule has 32 heavy (non-hydrogen) atoms. The van der Waals surface area contributed by atoms with Crippen LogP contribution in [0, 0.1) is 0 Å². The number of rotatable bonds is 7. The van der Waals surface area contributed by atoms with E-state index in [1.54, 1.807) is 0 Å². The van der Waals surface area contributed by atoms with Crippen molar-refractivity contribution >= 4 is 12.1 Å². The number of aromatic hydroxyl groups is 3. The lowest BCUT2D eigenvalue weighted by Crippen LogP contribution is -2.41. The highest BCUT2D eigenvalue weighted by Crippen LogP contribution is 2.36. The maximum Gasteiger partial charge on any atom is 0.330 e. The van der Waals surface area contributed by atoms with Gasteiger partial charge in [0.05, 0.1) is 6.21 Å². The standard InChI is InChI=1S/C18H20N4O10/c23-9-2-1-8(13(26)14(9)27)5-20-31-7-12(25)19-6-10-15(28)16(29)17(32-10)22-4-3-11(24)21-18(22)30/h1-5,10,15-17,23,26-29H,6-7H2,(H,19,25)(H,21,24,30)/b20-5+. The van der Waals surface area contributed by atoms with Crippen molar-refractivity contribution in [1.29, 1.82) is 0 Å². The Morgan fingerprint density at radius 3 is 2.66 bits per heavy atom. The zero-order valence-corrected chi connectivity index (χ0v) is 16.3. The molecule has 1 amide bonds. The van der Waals surface area contributed by atoms with Gasteiger partial charge in [0.1, 0.15) is 18.3 Å². The van der Waals surface area contributed by atoms with E-state index in [1.807, 2.05) is 4.98 Å². The molecular weight excluding hydrogens is 432 g/mol. The third-order valence-corrected chi connectivity index (χ3v) is 4.59. The molecule has 1 saturated heterocycles. The molecule has 4 atom stereocenters. The number of benzene rings is 1. The second kappa shape index (κ2) is 9.51. The zero-order chi connectivity index (χ0) is 23.4. The summed E-state index contributed by atoms with van der Waals surface area (Å²) in [5.41, 5.74) is -1.44. The minimum Gasteiger partial charge on any atom is -0.504 e. The molecule has 14 nitrogen and oxygen atoms in total. The molecule has 7 N–H and O–H groups in total. The van der Waals surface area contributed by atoms with Crippen LogP contribution in [0.1, 0.15) is 11.8 Å². The number of amides is 1. The smallest absolute Gasteiger partial charge is 0.330 e. The number of hydrogen-bond donors (Lipinski definition) is 7. The van der Waals surface area contributed by atoms with E-state index >= 15 is 0 Å². The number of H-pyrrole nitrogens is 1. The van der Waals surface area contributed by atoms with Gasteiger partial charge in [0.15, 0.2) is 24.3 Å². The third-order valence-electron chi connectivity index (χ3n) is 4.59. The van der Waals surface area contributed by atoms with Crippen LogP contribution in [-0.4, -0.2) is 78.7 Å². The second-order valence-electron chi connectivity index (χ2n) is 6.75. The van der Waals surface area contributed by atoms with Crippen molar-refractivity contribution in [1.82, 2.24) is 14.9 Å². The van der Waals surface area contributed by atoms with Crippen molar-refractivity contribution in [3.63, 3.8) is 0 Å². The number of oxime groups is 1. The summed E-state index contributed by atoms with van der Waals surface area (Å²) >= 11 is 0. The molecule has 0 radical (unpaired) electrons. The Bertz CT molecular complexity index is 1130. The molecule has 2 heterocycles. The van der Waals surface area contributed by atoms with Crippen molar-refractivity contribution in [3.8, 4) is 17.2 Å². The number of nitrogens with zero attached hydrogens (tertiary/aromatic N) is 2. The van der Waals surface area contributed by atoms with E-state index in [0.29, 0.717) is 0 Å². The van der Waals surface area contributed by atoms with E-state index in [0.717, 1.165) is 29.1 Å². The minimum absolute atomic E-state index is 0.0284. The van der Waals surface area contributed by atoms with Gasteiger partial charge in [-0.3, -0.25) is 19.1 Å². The SMILES string of the molecule is O=C(CO/N=C/c1ccc(O)c(O)c1O)NCC1OC(n2ccc(=O)[nH]c2=O)C(O)C1O. The largest absolute Gasteiger partial charge is 0.504 e. The molecular formula is C18H20N4O10. The number of phenolic OH excluding ortho intramolecular Hbond substituents is 3. The third kappa shape index (κ3) is 4.88. The highest BCUT2D eigenvalue weighted by atomic mass is 16.6. The number of phenols is 3. The van der Waals surface area contributed by atoms with Gasteiger partial charge in [-0.15, -0.1) is 0 Å². The molecule has 1 aliphatic heterocycles. The first-order valence-corrected chi connectivity index (χ1v) is 9.18. The maximum atomic E-state index is 11.9. The zero-order valence-electron chi connectivity index (χ0n) is 16.3. The summed E-state index contributed by atoms with van der Waals surface area (Å²) in [5.74, 6) is -2.53. The number of hydrogen-bond acceptors (Lipinski definition) is 11. The molecule has 1 fully saturated rings. The molecule has 0 saturated carbocycles. The number of carbonyl (C=O) groups is 1. The van der Waals surface area contributed by atoms with Crippen molar-refractivity contribution < 1.29 is 39.9 Å². The van der Waals surface area contributed by atoms with Gasteiger partial charge in [0.25, 0.3) is 11.5 Å². The second-order valence-corrected chi connectivity index (χ2v) is 6.75. The number of carbonyl (C=O) groups excluding carboxylic acids is 1. The minimum atomic E-state index is -1.49. The Labute approximate surface area is 178 Å². The van der Waals surface area contributed by atoms with Gasteiger partial charge in [-0.25, -0.2) is 4.79 Å². The summed E-state index contributed by atoms with van der Waals surface area (Å²) in [6, 6.07) is 3.43. The molecule has 0 spiro atoms. The number of ether oxygens (including phenoxy) is 1. The number of nitrogens with one attached hydrogen (secondary N) is 2. The van der Waals surface area contributed by atoms with Gasteiger partial charge in [0, 0.05) is 24.4 Å². The average molecular weight is 452 g/mol. The molecule has 1 aliphatic rings. The average Bonchev–Trinajstić information content (AvgIpc) is 3.03. The number of aliphatic hydroxyl groups is 2. The summed E-state index contributed by atoms with van der Waals surface area (Å²) in [5, 5.41) is 54.4. The predicted octanol–water partition coefficient (Wildman–Crippen LogP) is -2.56. The van der Waals surface area contributed by atoms with Crippen molar-refractivity contribution in [3.05, 3.63) is 50.8 Å². The van der Waals surface area contributed by atoms with E-state index in [-0.39, 0.29) is 12.1 Å². The van der Waals surface area contributed by atoms with Crippen LogP contribution >= 0.6 is 0 Å². The Kier molecular flexibility index (Phi) is 6.77. The molecule has 1 aromatic heterocycles. The van der Waals surface area contributed by atoms with Gasteiger partial charge < -0.3 is 40.4 Å². The van der Waals surface area contributed by atoms with E-state index in [9.17, 15) is 39.9 Å². The van der Waals surface area contributed by atoms with Gasteiger partial charge >= 0.3 is 5.69 Å². The van der Waals surface area contributed by atoms with E-state index in [2.05, 4.69) is 10.5 Å². The van der Waals surface area contributed by atoms with E-state index in [1.165, 1.54) is 6.07 Å². The normalized spacial score (nSPS) is 22.8. The lowest BCUT2D eigenvalue weighted by atomic mass is 10.1. The van der Waals surface area contributed by atoms with Crippen LogP contribution in [0.2, 0.25) is 0 Å². The molecule has 4 unspecified atom stereocenters. The first-order valence-electron chi connectivity index (χ1n) is 9.18. The number of aromatic nitrogens is 2. The van der Waals surface area contributed by atoms with Crippen LogP contribution in [0.15, 0.2) is 39.1 Å². The lowest BCUT2D eigenvalue weighted by Gasteiger charge is -2.16. The highest BCUT2D eigenvalue weighted by molar-refractivity contribution is 5.85. The molecule has 3 rings (SSSR count). The predicted molar refractivity (Wildman–Crippen MR) is 105 cm³/mol. The molecule has 0 bridgehead atoms. The van der Waals surface area contributed by atoms with Crippen molar-refractivity contribution in [2.75, 3.05) is 13.2 Å². The van der Waals surface area contributed by atoms with E-state index in [4.69, 9.17) is 9.57 Å². The van der Waals surface area contributed by atoms with Gasteiger partial charge in [-0.2, -0.15) is 0 Å². The van der Waals surface area contributed by atoms with Gasteiger partial charge in [-0.05, 0) is 12.1 Å². The van der Waals surface area contributed by atoms with Crippen LogP contribution in [0.25, 0.3) is 0 Å². The molecule has 1 aromatic carbocycles. The first kappa shape index (κ1) is 22.8. The lowest BCUT2D eigenvalue weighted by molar-refractivity contribution is -0.126.